The lowest BCUT2D eigenvalue weighted by Crippen LogP contribution is -2.62. The van der Waals surface area contributed by atoms with Gasteiger partial charge < -0.3 is 115 Å². The van der Waals surface area contributed by atoms with Crippen molar-refractivity contribution < 1.29 is 57.5 Å². The summed E-state index contributed by atoms with van der Waals surface area (Å²) in [6.07, 6.45) is 4.06. The Morgan fingerprint density at radius 1 is 0.402 bits per heavy atom. The van der Waals surface area contributed by atoms with Crippen molar-refractivity contribution in [3.05, 3.63) is 36.0 Å². The van der Waals surface area contributed by atoms with Crippen molar-refractivity contribution in [1.29, 1.82) is 0 Å². The number of amides is 12. The van der Waals surface area contributed by atoms with Crippen LogP contribution in [-0.4, -0.2) is 192 Å². The molecule has 0 fully saturated rings. The van der Waals surface area contributed by atoms with Crippen LogP contribution in [0.3, 0.4) is 0 Å². The molecule has 36 heteroatoms. The lowest BCUT2D eigenvalue weighted by molar-refractivity contribution is -0.137. The Labute approximate surface area is 628 Å². The Morgan fingerprint density at radius 3 is 1.21 bits per heavy atom. The molecule has 12 amide bonds. The maximum Gasteiger partial charge on any atom is 0.243 e. The number of primary amides is 1. The zero-order chi connectivity index (χ0) is 80.9. The fourth-order valence-corrected chi connectivity index (χ4v) is 11.3. The summed E-state index contributed by atoms with van der Waals surface area (Å²) in [7, 11) is 0. The first-order valence-electron chi connectivity index (χ1n) is 37.1. The highest BCUT2D eigenvalue weighted by molar-refractivity contribution is 6.00. The number of hydrogen-bond acceptors (Lipinski definition) is 17. The maximum atomic E-state index is 14.9. The van der Waals surface area contributed by atoms with E-state index in [0.29, 0.717) is 31.2 Å². The number of hydrogen-bond donors (Lipinski definition) is 21. The van der Waals surface area contributed by atoms with Gasteiger partial charge >= 0.3 is 0 Å². The number of benzene rings is 1. The second kappa shape index (κ2) is 47.6. The van der Waals surface area contributed by atoms with Crippen molar-refractivity contribution in [2.75, 3.05) is 26.2 Å². The van der Waals surface area contributed by atoms with E-state index >= 15 is 0 Å². The van der Waals surface area contributed by atoms with Crippen LogP contribution in [0.2, 0.25) is 0 Å². The molecule has 2 rings (SSSR count). The van der Waals surface area contributed by atoms with Crippen LogP contribution >= 0.6 is 0 Å². The number of rotatable bonds is 50. The van der Waals surface area contributed by atoms with Crippen molar-refractivity contribution in [2.24, 2.45) is 102 Å². The molecule has 30 N–H and O–H groups in total. The Kier molecular flexibility index (Phi) is 41.5. The van der Waals surface area contributed by atoms with E-state index < -0.39 is 167 Å². The largest absolute Gasteiger partial charge is 0.370 e. The number of nitrogens with zero attached hydrogens (tertiary/aromatic N) is 3. The number of aromatic nitrogens is 1. The van der Waals surface area contributed by atoms with Gasteiger partial charge in [0.25, 0.3) is 0 Å². The minimum atomic E-state index is -1.40. The molecule has 1 heterocycles. The van der Waals surface area contributed by atoms with Gasteiger partial charge in [0.1, 0.15) is 66.5 Å². The molecule has 0 aliphatic carbocycles. The summed E-state index contributed by atoms with van der Waals surface area (Å²) in [5, 5.41) is 30.8. The normalized spacial score (nSPS) is 15.3. The molecule has 0 radical (unpaired) electrons. The summed E-state index contributed by atoms with van der Waals surface area (Å²) in [5.41, 5.74) is 52.1. The minimum Gasteiger partial charge on any atom is -0.370 e. The third-order valence-corrected chi connectivity index (χ3v) is 18.3. The van der Waals surface area contributed by atoms with E-state index in [0.717, 1.165) is 10.9 Å². The number of H-pyrrole nitrogens is 1. The summed E-state index contributed by atoms with van der Waals surface area (Å²) in [6.45, 7) is 22.7. The van der Waals surface area contributed by atoms with Gasteiger partial charge in [-0.15, -0.1) is 0 Å². The van der Waals surface area contributed by atoms with Crippen LogP contribution < -0.4 is 110 Å². The van der Waals surface area contributed by atoms with Gasteiger partial charge in [-0.3, -0.25) is 72.5 Å². The van der Waals surface area contributed by atoms with E-state index in [1.807, 2.05) is 32.0 Å². The fourth-order valence-electron chi connectivity index (χ4n) is 11.3. The molecular weight excluding hydrogens is 1380 g/mol. The highest BCUT2D eigenvalue weighted by Gasteiger charge is 2.39. The maximum absolute atomic E-state index is 14.9. The predicted octanol–water partition coefficient (Wildman–Crippen LogP) is -2.73. The van der Waals surface area contributed by atoms with E-state index in [4.69, 9.17) is 51.6 Å². The van der Waals surface area contributed by atoms with E-state index in [2.05, 4.69) is 78.4 Å². The number of fused-ring (bicyclic) bond motifs is 1. The molecule has 602 valence electrons. The van der Waals surface area contributed by atoms with Gasteiger partial charge in [0.15, 0.2) is 17.9 Å². The van der Waals surface area contributed by atoms with Crippen LogP contribution in [0.25, 0.3) is 10.9 Å². The number of aliphatic imine (C=N–C) groups is 3. The molecule has 107 heavy (non-hydrogen) atoms. The lowest BCUT2D eigenvalue weighted by atomic mass is 9.95. The second-order valence-corrected chi connectivity index (χ2v) is 28.8. The van der Waals surface area contributed by atoms with Gasteiger partial charge in [-0.05, 0) is 125 Å². The van der Waals surface area contributed by atoms with Crippen molar-refractivity contribution in [3.63, 3.8) is 0 Å². The first kappa shape index (κ1) is 93.2. The summed E-state index contributed by atoms with van der Waals surface area (Å²) >= 11 is 0. The quantitative estimate of drug-likeness (QED) is 0.0182. The summed E-state index contributed by atoms with van der Waals surface area (Å²) in [5.74, 6) is -12.5. The SMILES string of the molecule is CC[C@H](C)[C@H](NC(=O)[C@H](CCCN=C(N)N)NC(=O)[C@@H](NC(=O)[C@H](C)NC(=O)[C@@H](NC(=O)[C@@H](NC(=O)[C@H](CC(C)C)NC(=O)[C@H](CCCN=C(N)N)NC(=O)[C@@H](N)C(C)C)[C@@H](C)CC)C(C)C)C(C)C)C(=O)N[C@@H](Cc1c[nH]c2ccccc12)C(=O)N[C@@H](CCCCN)C(=O)N[C@@H](CCCN=C(N)N)C(N)=O. The van der Waals surface area contributed by atoms with Gasteiger partial charge in [-0.1, -0.05) is 114 Å². The molecule has 0 unspecified atom stereocenters. The van der Waals surface area contributed by atoms with Crippen LogP contribution in [-0.2, 0) is 64.0 Å². The molecule has 0 aliphatic rings. The van der Waals surface area contributed by atoms with E-state index in [1.54, 1.807) is 81.5 Å². The molecule has 2 aromatic rings. The van der Waals surface area contributed by atoms with Crippen LogP contribution in [0.5, 0.6) is 0 Å². The Hall–Kier alpha value is -9.87. The number of unbranched alkanes of at least 4 members (excludes halogenated alkanes) is 1. The molecule has 1 aromatic carbocycles. The van der Waals surface area contributed by atoms with Crippen molar-refractivity contribution in [1.82, 2.24) is 63.5 Å². The third kappa shape index (κ3) is 33.2. The monoisotopic (exact) mass is 1510 g/mol. The summed E-state index contributed by atoms with van der Waals surface area (Å²) in [6, 6.07) is -7.80. The number of para-hydroxylation sites is 1. The number of nitrogens with one attached hydrogen (secondary N) is 12. The smallest absolute Gasteiger partial charge is 0.243 e. The number of aromatic amines is 1. The number of carbonyl (C=O) groups is 12. The van der Waals surface area contributed by atoms with E-state index in [1.165, 1.54) is 6.92 Å². The highest BCUT2D eigenvalue weighted by Crippen LogP contribution is 2.21. The number of carbonyl (C=O) groups excluding carboxylic acids is 12. The van der Waals surface area contributed by atoms with Crippen LogP contribution in [0.1, 0.15) is 173 Å². The Bertz CT molecular complexity index is 3330. The van der Waals surface area contributed by atoms with Gasteiger partial charge in [0.2, 0.25) is 70.9 Å². The first-order chi connectivity index (χ1) is 50.3. The van der Waals surface area contributed by atoms with Crippen molar-refractivity contribution >= 4 is 99.7 Å². The molecule has 1 aromatic heterocycles. The number of nitrogens with two attached hydrogens (primary N) is 9. The third-order valence-electron chi connectivity index (χ3n) is 18.3. The second-order valence-electron chi connectivity index (χ2n) is 28.8. The Morgan fingerprint density at radius 2 is 0.766 bits per heavy atom. The summed E-state index contributed by atoms with van der Waals surface area (Å²) in [4.78, 5) is 185. The molecule has 0 saturated carbocycles. The predicted molar refractivity (Wildman–Crippen MR) is 412 cm³/mol. The summed E-state index contributed by atoms with van der Waals surface area (Å²) < 4.78 is 0. The van der Waals surface area contributed by atoms with Gasteiger partial charge in [-0.2, -0.15) is 0 Å². The van der Waals surface area contributed by atoms with Crippen LogP contribution in [0.4, 0.5) is 0 Å². The van der Waals surface area contributed by atoms with Gasteiger partial charge in [-0.25, -0.2) is 0 Å². The molecule has 14 atom stereocenters. The zero-order valence-corrected chi connectivity index (χ0v) is 64.7. The molecule has 36 nitrogen and oxygen atoms in total. The molecule has 0 spiro atoms. The standard InChI is InChI=1S/C71H126N24O12/c1-14-40(11)55(67(106)91-51(34-43-35-84-45-24-17-16-23-44(43)45)62(101)87-47(25-18-19-29-72)59(98)86-46(57(74)96)26-20-30-81-69(75)76)94-61(100)49(28-22-32-83-71(79)80)89-66(105)54(39(9)10)92-58(97)42(13)85-65(104)53(38(7)8)93-68(107)56(41(12)15-2)95-63(102)50(33-36(3)4)90-60(99)48(27-21-31-82-70(77)78)88-64(103)52(73)37(5)6/h16-17,23-24,35-42,46-56,84H,14-15,18-22,25-34,72-73H2,1-13H3,(H2,74,96)(H,85,104)(H,86,98)(H,87,101)(H,88,103)(H,89,105)(H,90,99)(H,91,106)(H,92,97)(H,93,107)(H,94,100)(H,95,102)(H4,75,76,81)(H4,77,78,82)(H4,79,80,83)/t40-,41-,42-,46-,47-,48-,49-,50-,51-,52-,53-,54-,55-,56-/m0/s1. The molecular formula is C71H126N24O12. The number of guanidine groups is 3. The van der Waals surface area contributed by atoms with Crippen LogP contribution in [0, 0.1) is 35.5 Å². The lowest BCUT2D eigenvalue weighted by Gasteiger charge is -2.31. The molecule has 0 saturated heterocycles. The topological polar surface area (TPSA) is 624 Å². The average molecular weight is 1510 g/mol. The van der Waals surface area contributed by atoms with E-state index in [-0.39, 0.29) is 114 Å². The van der Waals surface area contributed by atoms with Crippen molar-refractivity contribution in [3.8, 4) is 0 Å². The van der Waals surface area contributed by atoms with Crippen molar-refractivity contribution in [2.45, 2.75) is 246 Å². The molecule has 0 aliphatic heterocycles. The van der Waals surface area contributed by atoms with Gasteiger partial charge in [0, 0.05) is 43.2 Å². The van der Waals surface area contributed by atoms with Crippen LogP contribution in [0.15, 0.2) is 45.4 Å². The fraction of sp³-hybridized carbons (Fsp3) is 0.676. The average Bonchev–Trinajstić information content (AvgIpc) is 1.68. The Balaban J connectivity index is 2.50. The highest BCUT2D eigenvalue weighted by atomic mass is 16.2. The zero-order valence-electron chi connectivity index (χ0n) is 64.7. The molecule has 0 bridgehead atoms. The minimum absolute atomic E-state index is 0.0181. The van der Waals surface area contributed by atoms with Gasteiger partial charge in [0.05, 0.1) is 6.04 Å². The first-order valence-corrected chi connectivity index (χ1v) is 37.1. The van der Waals surface area contributed by atoms with E-state index in [9.17, 15) is 57.5 Å².